The van der Waals surface area contributed by atoms with Crippen LogP contribution in [0.1, 0.15) is 5.56 Å². The molecule has 0 bridgehead atoms. The molecule has 0 saturated carbocycles. The first-order valence-corrected chi connectivity index (χ1v) is 9.14. The third-order valence-electron chi connectivity index (χ3n) is 4.37. The Morgan fingerprint density at radius 3 is 2.65 bits per heavy atom. The molecule has 0 saturated heterocycles. The number of carbonyl (C=O) groups is 2. The van der Waals surface area contributed by atoms with Crippen LogP contribution in [0, 0.1) is 11.3 Å². The molecule has 4 rings (SSSR count). The number of nitrogens with zero attached hydrogens (tertiary/aromatic N) is 4. The van der Waals surface area contributed by atoms with Crippen LogP contribution in [0.5, 0.6) is 0 Å². The molecule has 0 fully saturated rings. The Balaban J connectivity index is 1.43. The molecule has 2 heterocycles. The minimum absolute atomic E-state index is 0.153. The zero-order chi connectivity index (χ0) is 21.8. The summed E-state index contributed by atoms with van der Waals surface area (Å²) in [5.41, 5.74) is 1.58. The van der Waals surface area contributed by atoms with E-state index in [9.17, 15) is 19.6 Å². The molecule has 1 N–H and O–H groups in total. The topological polar surface area (TPSA) is 132 Å². The standard InChI is InChI=1S/C21H15N5O5/c22-10-14-11-23-26(15-6-2-1-3-7-15)20(14)24-18(27)13-30-19(28)12-25-16-8-4-5-9-17(16)31-21(25)29/h1-9,11H,12-13H2,(H,24,27). The quantitative estimate of drug-likeness (QED) is 0.473. The molecule has 0 spiro atoms. The first kappa shape index (κ1) is 19.7. The van der Waals surface area contributed by atoms with Crippen molar-refractivity contribution < 1.29 is 18.7 Å². The van der Waals surface area contributed by atoms with Gasteiger partial charge in [-0.05, 0) is 24.3 Å². The van der Waals surface area contributed by atoms with E-state index < -0.39 is 30.8 Å². The Hall–Kier alpha value is -4.65. The van der Waals surface area contributed by atoms with Crippen molar-refractivity contribution in [2.45, 2.75) is 6.54 Å². The Bertz CT molecular complexity index is 1360. The predicted octanol–water partition coefficient (Wildman–Crippen LogP) is 1.83. The zero-order valence-electron chi connectivity index (χ0n) is 16.0. The lowest BCUT2D eigenvalue weighted by atomic mass is 10.3. The molecule has 0 aliphatic carbocycles. The predicted molar refractivity (Wildman–Crippen MR) is 108 cm³/mol. The average Bonchev–Trinajstić information content (AvgIpc) is 3.33. The van der Waals surface area contributed by atoms with Gasteiger partial charge in [0, 0.05) is 0 Å². The number of hydrogen-bond acceptors (Lipinski definition) is 7. The number of anilines is 1. The van der Waals surface area contributed by atoms with Crippen molar-refractivity contribution >= 4 is 28.8 Å². The SMILES string of the molecule is N#Cc1cnn(-c2ccccc2)c1NC(=O)COC(=O)Cn1c(=O)oc2ccccc21. The minimum Gasteiger partial charge on any atom is -0.454 e. The zero-order valence-corrected chi connectivity index (χ0v) is 16.0. The lowest BCUT2D eigenvalue weighted by Gasteiger charge is -2.10. The van der Waals surface area contributed by atoms with E-state index >= 15 is 0 Å². The normalized spacial score (nSPS) is 10.5. The number of rotatable bonds is 6. The van der Waals surface area contributed by atoms with Gasteiger partial charge < -0.3 is 14.5 Å². The van der Waals surface area contributed by atoms with Gasteiger partial charge in [0.25, 0.3) is 5.91 Å². The number of para-hydroxylation sites is 3. The maximum atomic E-state index is 12.3. The molecular formula is C21H15N5O5. The van der Waals surface area contributed by atoms with Gasteiger partial charge in [-0.3, -0.25) is 14.2 Å². The number of oxazole rings is 1. The molecule has 2 aromatic heterocycles. The van der Waals surface area contributed by atoms with E-state index in [0.29, 0.717) is 16.8 Å². The minimum atomic E-state index is -0.791. The smallest absolute Gasteiger partial charge is 0.420 e. The van der Waals surface area contributed by atoms with E-state index in [1.54, 1.807) is 48.5 Å². The Labute approximate surface area is 174 Å². The van der Waals surface area contributed by atoms with Gasteiger partial charge in [0.1, 0.15) is 18.2 Å². The van der Waals surface area contributed by atoms with Crippen molar-refractivity contribution in [3.63, 3.8) is 0 Å². The Morgan fingerprint density at radius 1 is 1.13 bits per heavy atom. The fourth-order valence-electron chi connectivity index (χ4n) is 2.97. The highest BCUT2D eigenvalue weighted by Crippen LogP contribution is 2.19. The number of carbonyl (C=O) groups excluding carboxylic acids is 2. The van der Waals surface area contributed by atoms with Crippen LogP contribution >= 0.6 is 0 Å². The summed E-state index contributed by atoms with van der Waals surface area (Å²) in [6, 6.07) is 17.5. The van der Waals surface area contributed by atoms with Crippen LogP contribution in [0.25, 0.3) is 16.8 Å². The van der Waals surface area contributed by atoms with Crippen molar-refractivity contribution in [1.82, 2.24) is 14.3 Å². The summed E-state index contributed by atoms with van der Waals surface area (Å²) in [6.45, 7) is -1.01. The number of ether oxygens (including phenoxy) is 1. The number of nitrogens with one attached hydrogen (secondary N) is 1. The first-order valence-electron chi connectivity index (χ1n) is 9.14. The second-order valence-corrected chi connectivity index (χ2v) is 6.40. The van der Waals surface area contributed by atoms with Gasteiger partial charge in [-0.15, -0.1) is 0 Å². The molecule has 0 atom stereocenters. The number of benzene rings is 2. The summed E-state index contributed by atoms with van der Waals surface area (Å²) in [7, 11) is 0. The largest absolute Gasteiger partial charge is 0.454 e. The number of hydrogen-bond donors (Lipinski definition) is 1. The molecule has 0 radical (unpaired) electrons. The number of aromatic nitrogens is 3. The summed E-state index contributed by atoms with van der Waals surface area (Å²) in [5, 5.41) is 15.9. The highest BCUT2D eigenvalue weighted by atomic mass is 16.5. The summed E-state index contributed by atoms with van der Waals surface area (Å²) >= 11 is 0. The summed E-state index contributed by atoms with van der Waals surface area (Å²) in [4.78, 5) is 36.4. The molecule has 2 aromatic carbocycles. The number of esters is 1. The van der Waals surface area contributed by atoms with Crippen LogP contribution in [0.4, 0.5) is 5.82 Å². The third-order valence-corrected chi connectivity index (χ3v) is 4.37. The van der Waals surface area contributed by atoms with E-state index in [-0.39, 0.29) is 11.4 Å². The maximum absolute atomic E-state index is 12.3. The molecule has 1 amide bonds. The van der Waals surface area contributed by atoms with Gasteiger partial charge >= 0.3 is 11.7 Å². The molecular weight excluding hydrogens is 402 g/mol. The van der Waals surface area contributed by atoms with Crippen LogP contribution in [-0.2, 0) is 20.9 Å². The van der Waals surface area contributed by atoms with E-state index in [1.165, 1.54) is 10.9 Å². The van der Waals surface area contributed by atoms with Gasteiger partial charge in [0.15, 0.2) is 18.0 Å². The van der Waals surface area contributed by atoms with Gasteiger partial charge in [-0.1, -0.05) is 30.3 Å². The van der Waals surface area contributed by atoms with Gasteiger partial charge in [-0.25, -0.2) is 9.48 Å². The van der Waals surface area contributed by atoms with Crippen molar-refractivity contribution in [3.05, 3.63) is 76.9 Å². The molecule has 10 nitrogen and oxygen atoms in total. The molecule has 0 aliphatic rings. The van der Waals surface area contributed by atoms with E-state index in [1.807, 2.05) is 12.1 Å². The second kappa shape index (κ2) is 8.38. The van der Waals surface area contributed by atoms with Crippen LogP contribution in [-0.4, -0.2) is 32.8 Å². The van der Waals surface area contributed by atoms with Gasteiger partial charge in [-0.2, -0.15) is 10.4 Å². The van der Waals surface area contributed by atoms with E-state index in [0.717, 1.165) is 4.57 Å². The Morgan fingerprint density at radius 2 is 1.87 bits per heavy atom. The summed E-state index contributed by atoms with van der Waals surface area (Å²) in [6.07, 6.45) is 1.32. The lowest BCUT2D eigenvalue weighted by Crippen LogP contribution is -2.26. The maximum Gasteiger partial charge on any atom is 0.420 e. The molecule has 31 heavy (non-hydrogen) atoms. The van der Waals surface area contributed by atoms with Gasteiger partial charge in [0.2, 0.25) is 0 Å². The van der Waals surface area contributed by atoms with Crippen LogP contribution in [0.3, 0.4) is 0 Å². The number of nitriles is 1. The summed E-state index contributed by atoms with van der Waals surface area (Å²) in [5.74, 6) is -1.99. The number of fused-ring (bicyclic) bond motifs is 1. The fraction of sp³-hybridized carbons (Fsp3) is 0.0952. The van der Waals surface area contributed by atoms with E-state index in [4.69, 9.17) is 9.15 Å². The average molecular weight is 417 g/mol. The van der Waals surface area contributed by atoms with Crippen LogP contribution < -0.4 is 11.1 Å². The first-order chi connectivity index (χ1) is 15.1. The molecule has 4 aromatic rings. The van der Waals surface area contributed by atoms with Crippen LogP contribution in [0.15, 0.2) is 70.0 Å². The second-order valence-electron chi connectivity index (χ2n) is 6.40. The summed E-state index contributed by atoms with van der Waals surface area (Å²) < 4.78 is 12.6. The molecule has 0 aliphatic heterocycles. The lowest BCUT2D eigenvalue weighted by molar-refractivity contribution is -0.147. The van der Waals surface area contributed by atoms with Crippen molar-refractivity contribution in [2.75, 3.05) is 11.9 Å². The fourth-order valence-corrected chi connectivity index (χ4v) is 2.97. The Kier molecular flexibility index (Phi) is 5.31. The van der Waals surface area contributed by atoms with E-state index in [2.05, 4.69) is 10.4 Å². The third kappa shape index (κ3) is 4.06. The van der Waals surface area contributed by atoms with Crippen molar-refractivity contribution in [2.24, 2.45) is 0 Å². The molecule has 154 valence electrons. The number of amides is 1. The molecule has 0 unspecified atom stereocenters. The monoisotopic (exact) mass is 417 g/mol. The highest BCUT2D eigenvalue weighted by Gasteiger charge is 2.17. The van der Waals surface area contributed by atoms with Gasteiger partial charge in [0.05, 0.1) is 17.4 Å². The molecule has 10 heteroatoms. The van der Waals surface area contributed by atoms with Crippen molar-refractivity contribution in [3.8, 4) is 11.8 Å². The highest BCUT2D eigenvalue weighted by molar-refractivity contribution is 5.93. The van der Waals surface area contributed by atoms with Crippen LogP contribution in [0.2, 0.25) is 0 Å². The van der Waals surface area contributed by atoms with Crippen molar-refractivity contribution in [1.29, 1.82) is 5.26 Å².